The summed E-state index contributed by atoms with van der Waals surface area (Å²) in [5.41, 5.74) is 0.287. The third-order valence-electron chi connectivity index (χ3n) is 6.61. The molecule has 1 aliphatic heterocycles. The number of carbonyl (C=O) groups is 1. The van der Waals surface area contributed by atoms with E-state index in [1.165, 1.54) is 18.5 Å². The molecular formula is C26H26ClF2N5O6. The number of nitrogens with zero attached hydrogens (tertiary/aromatic N) is 3. The lowest BCUT2D eigenvalue weighted by atomic mass is 10.0. The fourth-order valence-corrected chi connectivity index (χ4v) is 4.93. The minimum Gasteiger partial charge on any atom is -0.471 e. The molecule has 1 aliphatic carbocycles. The maximum absolute atomic E-state index is 14.7. The molecule has 2 fully saturated rings. The molecule has 1 unspecified atom stereocenters. The van der Waals surface area contributed by atoms with Crippen LogP contribution in [-0.2, 0) is 11.3 Å². The number of amides is 1. The van der Waals surface area contributed by atoms with Gasteiger partial charge in [0.15, 0.2) is 5.65 Å². The predicted octanol–water partition coefficient (Wildman–Crippen LogP) is 4.65. The van der Waals surface area contributed by atoms with Crippen molar-refractivity contribution in [3.05, 3.63) is 58.4 Å². The van der Waals surface area contributed by atoms with Gasteiger partial charge in [0.2, 0.25) is 5.88 Å². The normalized spacial score (nSPS) is 21.6. The molecule has 14 heteroatoms. The van der Waals surface area contributed by atoms with Crippen LogP contribution in [0.3, 0.4) is 0 Å². The van der Waals surface area contributed by atoms with Crippen molar-refractivity contribution in [2.24, 2.45) is 5.92 Å². The van der Waals surface area contributed by atoms with Crippen LogP contribution in [0.4, 0.5) is 14.5 Å². The Balaban J connectivity index is 0.00000158. The number of aliphatic hydroxyl groups is 1. The Morgan fingerprint density at radius 3 is 2.73 bits per heavy atom. The fraction of sp³-hybridized carbons (Fsp3) is 0.385. The number of anilines is 1. The number of aromatic amines is 1. The number of nitrogens with one attached hydrogen (secondary N) is 2. The maximum Gasteiger partial charge on any atom is 0.296 e. The van der Waals surface area contributed by atoms with E-state index < -0.39 is 35.8 Å². The molecule has 4 atom stereocenters. The van der Waals surface area contributed by atoms with Crippen LogP contribution < -0.4 is 14.8 Å². The second-order valence-corrected chi connectivity index (χ2v) is 9.43. The third kappa shape index (κ3) is 5.58. The van der Waals surface area contributed by atoms with Crippen molar-refractivity contribution >= 4 is 34.4 Å². The van der Waals surface area contributed by atoms with Crippen LogP contribution in [0.5, 0.6) is 11.9 Å². The van der Waals surface area contributed by atoms with E-state index in [0.717, 1.165) is 18.6 Å². The Kier molecular flexibility index (Phi) is 8.14. The van der Waals surface area contributed by atoms with Crippen LogP contribution in [-0.4, -0.2) is 56.0 Å². The molecule has 1 saturated heterocycles. The molecule has 40 heavy (non-hydrogen) atoms. The number of H-pyrrole nitrogens is 1. The summed E-state index contributed by atoms with van der Waals surface area (Å²) in [5, 5.41) is 15.9. The van der Waals surface area contributed by atoms with E-state index in [1.807, 2.05) is 13.8 Å². The number of benzene rings is 1. The Bertz CT molecular complexity index is 1480. The molecule has 4 aromatic rings. The number of carbonyl (C=O) groups excluding carboxylic acids is 1. The van der Waals surface area contributed by atoms with Crippen LogP contribution in [0, 0.1) is 17.6 Å². The molecule has 0 radical (unpaired) electrons. The van der Waals surface area contributed by atoms with E-state index in [-0.39, 0.29) is 58.5 Å². The number of hydrogen-bond donors (Lipinski definition) is 3. The third-order valence-corrected chi connectivity index (χ3v) is 6.88. The molecular weight excluding hydrogens is 552 g/mol. The summed E-state index contributed by atoms with van der Waals surface area (Å²) in [6, 6.07) is 3.49. The summed E-state index contributed by atoms with van der Waals surface area (Å²) in [5.74, 6) is -2.76. The van der Waals surface area contributed by atoms with Crippen LogP contribution in [0.25, 0.3) is 11.2 Å². The molecule has 4 heterocycles. The number of fused-ring (bicyclic) bond motifs is 2. The van der Waals surface area contributed by atoms with E-state index >= 15 is 0 Å². The number of hydrogen-bond acceptors (Lipinski definition) is 9. The van der Waals surface area contributed by atoms with Crippen LogP contribution in [0.1, 0.15) is 42.6 Å². The van der Waals surface area contributed by atoms with Gasteiger partial charge in [-0.2, -0.15) is 9.97 Å². The van der Waals surface area contributed by atoms with Gasteiger partial charge in [0, 0.05) is 11.5 Å². The van der Waals surface area contributed by atoms with Crippen LogP contribution >= 0.6 is 11.6 Å². The summed E-state index contributed by atoms with van der Waals surface area (Å²) < 4.78 is 51.1. The highest BCUT2D eigenvalue weighted by molar-refractivity contribution is 6.32. The van der Waals surface area contributed by atoms with Gasteiger partial charge in [-0.1, -0.05) is 30.6 Å². The molecule has 6 rings (SSSR count). The number of imidazole rings is 1. The monoisotopic (exact) mass is 577 g/mol. The van der Waals surface area contributed by atoms with Gasteiger partial charge >= 0.3 is 0 Å². The number of aromatic nitrogens is 4. The topological polar surface area (TPSA) is 145 Å². The summed E-state index contributed by atoms with van der Waals surface area (Å²) >= 11 is 6.27. The van der Waals surface area contributed by atoms with Crippen molar-refractivity contribution in [1.29, 1.82) is 0 Å². The highest BCUT2D eigenvalue weighted by Gasteiger charge is 2.47. The van der Waals surface area contributed by atoms with E-state index in [9.17, 15) is 18.7 Å². The zero-order valence-corrected chi connectivity index (χ0v) is 22.2. The van der Waals surface area contributed by atoms with Crippen molar-refractivity contribution in [2.45, 2.75) is 51.6 Å². The van der Waals surface area contributed by atoms with E-state index in [0.29, 0.717) is 11.9 Å². The number of aliphatic hydroxyl groups excluding tert-OH is 1. The van der Waals surface area contributed by atoms with Crippen molar-refractivity contribution < 1.29 is 37.4 Å². The quantitative estimate of drug-likeness (QED) is 0.286. The predicted molar refractivity (Wildman–Crippen MR) is 138 cm³/mol. The number of pyridine rings is 1. The molecule has 1 saturated carbocycles. The van der Waals surface area contributed by atoms with Gasteiger partial charge in [0.1, 0.15) is 41.3 Å². The summed E-state index contributed by atoms with van der Waals surface area (Å²) in [6.45, 7) is 3.75. The van der Waals surface area contributed by atoms with Crippen molar-refractivity contribution in [3.8, 4) is 11.9 Å². The Labute approximate surface area is 231 Å². The first-order valence-corrected chi connectivity index (χ1v) is 13.1. The van der Waals surface area contributed by atoms with Gasteiger partial charge in [0.05, 0.1) is 36.1 Å². The van der Waals surface area contributed by atoms with E-state index in [1.54, 1.807) is 0 Å². The fourth-order valence-electron chi connectivity index (χ4n) is 4.72. The van der Waals surface area contributed by atoms with Gasteiger partial charge in [-0.25, -0.2) is 8.78 Å². The molecule has 11 nitrogen and oxygen atoms in total. The Morgan fingerprint density at radius 2 is 2.00 bits per heavy atom. The summed E-state index contributed by atoms with van der Waals surface area (Å²) in [7, 11) is 0. The molecule has 0 bridgehead atoms. The lowest BCUT2D eigenvalue weighted by Gasteiger charge is -2.17. The highest BCUT2D eigenvalue weighted by Crippen LogP contribution is 2.38. The second-order valence-electron chi connectivity index (χ2n) is 9.03. The minimum atomic E-state index is -0.984. The standard InChI is InChI=1S/C24H20ClF2N5O6.C2H6/c25-14-5-17-21(32-24(30-17)38-19-2-1-12-18(33)9-35-20(12)19)31-23(14)36-8-13-15(26)3-10(4-16(13)27)22(34)29-11-6-28-37-7-11;1-2/h3-7,12,18-20,33H,1-2,8-9H2,(H,29,34)(H,30,31,32);1-2H3/t12?,18-,19-,20+;/m1./s1. The molecule has 3 aromatic heterocycles. The van der Waals surface area contributed by atoms with E-state index in [4.69, 9.17) is 25.8 Å². The Hall–Kier alpha value is -3.81. The van der Waals surface area contributed by atoms with E-state index in [2.05, 4.69) is 29.9 Å². The Morgan fingerprint density at radius 1 is 1.23 bits per heavy atom. The van der Waals surface area contributed by atoms with Crippen molar-refractivity contribution in [1.82, 2.24) is 20.1 Å². The summed E-state index contributed by atoms with van der Waals surface area (Å²) in [6.07, 6.45) is 2.95. The lowest BCUT2D eigenvalue weighted by molar-refractivity contribution is 0.0135. The average molecular weight is 578 g/mol. The minimum absolute atomic E-state index is 0.0370. The molecule has 1 amide bonds. The molecule has 2 aliphatic rings. The second kappa shape index (κ2) is 11.7. The first-order chi connectivity index (χ1) is 19.4. The average Bonchev–Trinajstić information content (AvgIpc) is 3.73. The molecule has 1 aromatic carbocycles. The maximum atomic E-state index is 14.7. The molecule has 3 N–H and O–H groups in total. The van der Waals surface area contributed by atoms with Crippen molar-refractivity contribution in [2.75, 3.05) is 11.9 Å². The highest BCUT2D eigenvalue weighted by atomic mass is 35.5. The van der Waals surface area contributed by atoms with Gasteiger partial charge in [-0.15, -0.1) is 0 Å². The van der Waals surface area contributed by atoms with Crippen molar-refractivity contribution in [3.63, 3.8) is 0 Å². The van der Waals surface area contributed by atoms with Gasteiger partial charge in [-0.3, -0.25) is 4.79 Å². The smallest absolute Gasteiger partial charge is 0.296 e. The molecule has 0 spiro atoms. The number of halogens is 3. The lowest BCUT2D eigenvalue weighted by Crippen LogP contribution is -2.30. The molecule has 212 valence electrons. The van der Waals surface area contributed by atoms with Gasteiger partial charge in [0.25, 0.3) is 11.9 Å². The van der Waals surface area contributed by atoms with Gasteiger partial charge < -0.3 is 34.1 Å². The largest absolute Gasteiger partial charge is 0.471 e. The van der Waals surface area contributed by atoms with Crippen LogP contribution in [0.2, 0.25) is 5.02 Å². The number of ether oxygens (including phenoxy) is 3. The van der Waals surface area contributed by atoms with Gasteiger partial charge in [-0.05, 0) is 31.0 Å². The first-order valence-electron chi connectivity index (χ1n) is 12.7. The summed E-state index contributed by atoms with van der Waals surface area (Å²) in [4.78, 5) is 23.8. The zero-order valence-electron chi connectivity index (χ0n) is 21.5. The first kappa shape index (κ1) is 27.7. The van der Waals surface area contributed by atoms with Crippen LogP contribution in [0.15, 0.2) is 35.2 Å². The SMILES string of the molecule is CC.O=C(Nc1cnoc1)c1cc(F)c(COc2nc3nc(O[C@@H]4CCC5[C@H](O)CO[C@@H]54)[nH]c3cc2Cl)c(F)c1. The number of rotatable bonds is 7. The zero-order chi connectivity index (χ0) is 28.4.